The van der Waals surface area contributed by atoms with Gasteiger partial charge in [-0.2, -0.15) is 0 Å². The average molecular weight is 620 g/mol. The maximum atomic E-state index is 5.10. The Bertz CT molecular complexity index is 2350. The van der Waals surface area contributed by atoms with Gasteiger partial charge < -0.3 is 0 Å². The molecule has 1 aliphatic heterocycles. The van der Waals surface area contributed by atoms with E-state index in [1.165, 1.54) is 41.5 Å². The van der Waals surface area contributed by atoms with Gasteiger partial charge in [0.1, 0.15) is 0 Å². The molecule has 0 saturated heterocycles. The molecule has 0 fully saturated rings. The van der Waals surface area contributed by atoms with E-state index in [-0.39, 0.29) is 0 Å². The molecule has 1 aromatic heterocycles. The standard InChI is InChI=1S/C43H29N3S/c1-4-16-31(17-5-1)41-44-42(32-18-6-2-7-19-32)46-43(45-41)33-27-28-37-36-24-12-13-25-39(36)47(40(37)29-33,34-21-8-3-9-22-34)38-26-14-20-30-15-10-11-23-35(30)38/h1-29H. The zero-order chi connectivity index (χ0) is 31.2. The third-order valence-corrected chi connectivity index (χ3v) is 13.0. The number of fused-ring (bicyclic) bond motifs is 4. The largest absolute Gasteiger partial charge is 0.208 e. The van der Waals surface area contributed by atoms with Crippen molar-refractivity contribution in [2.75, 3.05) is 0 Å². The Balaban J connectivity index is 1.35. The van der Waals surface area contributed by atoms with Gasteiger partial charge in [-0.05, 0) is 52.2 Å². The molecule has 3 nitrogen and oxygen atoms in total. The molecule has 47 heavy (non-hydrogen) atoms. The van der Waals surface area contributed by atoms with Crippen molar-refractivity contribution in [3.63, 3.8) is 0 Å². The Hall–Kier alpha value is -5.84. The molecule has 0 aliphatic carbocycles. The molecule has 9 rings (SSSR count). The molecule has 1 unspecified atom stereocenters. The van der Waals surface area contributed by atoms with Crippen LogP contribution in [-0.4, -0.2) is 15.0 Å². The van der Waals surface area contributed by atoms with Crippen molar-refractivity contribution in [2.45, 2.75) is 19.6 Å². The molecule has 0 N–H and O–H groups in total. The Labute approximate surface area is 275 Å². The smallest absolute Gasteiger partial charge is 0.164 e. The molecule has 8 aromatic rings. The topological polar surface area (TPSA) is 38.7 Å². The van der Waals surface area contributed by atoms with Crippen LogP contribution in [0.3, 0.4) is 0 Å². The summed E-state index contributed by atoms with van der Waals surface area (Å²) in [5.74, 6) is 1.98. The highest BCUT2D eigenvalue weighted by molar-refractivity contribution is 8.34. The summed E-state index contributed by atoms with van der Waals surface area (Å²) in [6.07, 6.45) is 0. The highest BCUT2D eigenvalue weighted by Gasteiger charge is 2.43. The summed E-state index contributed by atoms with van der Waals surface area (Å²) in [6, 6.07) is 62.7. The van der Waals surface area contributed by atoms with Gasteiger partial charge in [-0.1, -0.05) is 146 Å². The van der Waals surface area contributed by atoms with E-state index < -0.39 is 10.0 Å². The van der Waals surface area contributed by atoms with E-state index in [1.54, 1.807) is 0 Å². The maximum Gasteiger partial charge on any atom is 0.164 e. The summed E-state index contributed by atoms with van der Waals surface area (Å²) in [5, 5.41) is 2.52. The van der Waals surface area contributed by atoms with Crippen LogP contribution in [-0.2, 0) is 0 Å². The van der Waals surface area contributed by atoms with Crippen LogP contribution in [0.5, 0.6) is 0 Å². The van der Waals surface area contributed by atoms with Crippen molar-refractivity contribution >= 4 is 20.8 Å². The Morgan fingerprint density at radius 3 is 1.55 bits per heavy atom. The van der Waals surface area contributed by atoms with E-state index in [9.17, 15) is 0 Å². The van der Waals surface area contributed by atoms with Crippen LogP contribution < -0.4 is 0 Å². The normalized spacial score (nSPS) is 16.3. The molecular formula is C43H29N3S. The van der Waals surface area contributed by atoms with Crippen molar-refractivity contribution in [3.05, 3.63) is 176 Å². The minimum Gasteiger partial charge on any atom is -0.208 e. The van der Waals surface area contributed by atoms with E-state index in [2.05, 4.69) is 140 Å². The molecule has 0 bridgehead atoms. The molecule has 0 spiro atoms. The molecule has 0 radical (unpaired) electrons. The summed E-state index contributed by atoms with van der Waals surface area (Å²) in [6.45, 7) is 0. The van der Waals surface area contributed by atoms with Gasteiger partial charge in [0.05, 0.1) is 0 Å². The molecular weight excluding hydrogens is 591 g/mol. The molecule has 4 heteroatoms. The van der Waals surface area contributed by atoms with Gasteiger partial charge in [0.2, 0.25) is 0 Å². The van der Waals surface area contributed by atoms with Gasteiger partial charge >= 0.3 is 0 Å². The highest BCUT2D eigenvalue weighted by atomic mass is 32.3. The number of hydrogen-bond acceptors (Lipinski definition) is 3. The quantitative estimate of drug-likeness (QED) is 0.192. The molecule has 7 aromatic carbocycles. The van der Waals surface area contributed by atoms with E-state index >= 15 is 0 Å². The van der Waals surface area contributed by atoms with Crippen LogP contribution in [0.25, 0.3) is 56.1 Å². The van der Waals surface area contributed by atoms with Crippen molar-refractivity contribution in [3.8, 4) is 45.3 Å². The number of nitrogens with zero attached hydrogens (tertiary/aromatic N) is 3. The van der Waals surface area contributed by atoms with Gasteiger partial charge in [0.15, 0.2) is 17.5 Å². The fourth-order valence-electron chi connectivity index (χ4n) is 6.85. The zero-order valence-electron chi connectivity index (χ0n) is 25.5. The third kappa shape index (κ3) is 4.41. The van der Waals surface area contributed by atoms with Crippen LogP contribution in [0.4, 0.5) is 0 Å². The molecule has 222 valence electrons. The van der Waals surface area contributed by atoms with Crippen molar-refractivity contribution in [1.82, 2.24) is 15.0 Å². The van der Waals surface area contributed by atoms with Crippen LogP contribution in [0.15, 0.2) is 196 Å². The number of benzene rings is 7. The van der Waals surface area contributed by atoms with E-state index in [1.807, 2.05) is 36.4 Å². The summed E-state index contributed by atoms with van der Waals surface area (Å²) in [7, 11) is -1.89. The molecule has 1 aliphatic rings. The van der Waals surface area contributed by atoms with Gasteiger partial charge in [-0.15, -0.1) is 10.0 Å². The first kappa shape index (κ1) is 27.5. The van der Waals surface area contributed by atoms with E-state index in [4.69, 9.17) is 15.0 Å². The first-order chi connectivity index (χ1) is 23.3. The maximum absolute atomic E-state index is 5.10. The van der Waals surface area contributed by atoms with Gasteiger partial charge in [-0.3, -0.25) is 0 Å². The van der Waals surface area contributed by atoms with Gasteiger partial charge in [0.25, 0.3) is 0 Å². The monoisotopic (exact) mass is 619 g/mol. The lowest BCUT2D eigenvalue weighted by atomic mass is 10.0. The molecule has 1 atom stereocenters. The number of aromatic nitrogens is 3. The summed E-state index contributed by atoms with van der Waals surface area (Å²) >= 11 is 0. The minimum atomic E-state index is -1.89. The fourth-order valence-corrected chi connectivity index (χ4v) is 11.3. The minimum absolute atomic E-state index is 0.661. The van der Waals surface area contributed by atoms with Crippen LogP contribution >= 0.6 is 10.0 Å². The Morgan fingerprint density at radius 2 is 0.851 bits per heavy atom. The predicted molar refractivity (Wildman–Crippen MR) is 193 cm³/mol. The summed E-state index contributed by atoms with van der Waals surface area (Å²) in [4.78, 5) is 20.5. The van der Waals surface area contributed by atoms with E-state index in [0.717, 1.165) is 16.7 Å². The van der Waals surface area contributed by atoms with Crippen molar-refractivity contribution < 1.29 is 0 Å². The first-order valence-electron chi connectivity index (χ1n) is 15.8. The second-order valence-corrected chi connectivity index (χ2v) is 14.7. The van der Waals surface area contributed by atoms with Crippen LogP contribution in [0, 0.1) is 0 Å². The lowest BCUT2D eigenvalue weighted by Gasteiger charge is -2.40. The van der Waals surface area contributed by atoms with Gasteiger partial charge in [-0.25, -0.2) is 15.0 Å². The SMILES string of the molecule is c1ccc(-c2nc(-c3ccccc3)nc(-c3ccc4c(c3)S(c3ccccc3)(c3cccc5ccccc35)c3ccccc3-4)n2)cc1. The Morgan fingerprint density at radius 1 is 0.340 bits per heavy atom. The summed E-state index contributed by atoms with van der Waals surface area (Å²) in [5.41, 5.74) is 5.44. The zero-order valence-corrected chi connectivity index (χ0v) is 26.3. The van der Waals surface area contributed by atoms with Crippen LogP contribution in [0.1, 0.15) is 0 Å². The first-order valence-corrected chi connectivity index (χ1v) is 17.4. The Kier molecular flexibility index (Phi) is 6.54. The second kappa shape index (κ2) is 11.2. The van der Waals surface area contributed by atoms with Crippen molar-refractivity contribution in [1.29, 1.82) is 0 Å². The lowest BCUT2D eigenvalue weighted by Crippen LogP contribution is -2.04. The molecule has 0 amide bonds. The fraction of sp³-hybridized carbons (Fsp3) is 0. The average Bonchev–Trinajstić information content (AvgIpc) is 3.46. The number of rotatable bonds is 5. The third-order valence-electron chi connectivity index (χ3n) is 8.95. The van der Waals surface area contributed by atoms with Gasteiger partial charge in [0, 0.05) is 36.3 Å². The summed E-state index contributed by atoms with van der Waals surface area (Å²) < 4.78 is 0. The molecule has 0 saturated carbocycles. The lowest BCUT2D eigenvalue weighted by molar-refractivity contribution is 1.07. The van der Waals surface area contributed by atoms with Crippen molar-refractivity contribution in [2.24, 2.45) is 0 Å². The van der Waals surface area contributed by atoms with E-state index in [0.29, 0.717) is 17.5 Å². The van der Waals surface area contributed by atoms with Crippen LogP contribution in [0.2, 0.25) is 0 Å². The highest BCUT2D eigenvalue weighted by Crippen LogP contribution is 2.80. The molecule has 2 heterocycles. The predicted octanol–water partition coefficient (Wildman–Crippen LogP) is 11.3. The second-order valence-electron chi connectivity index (χ2n) is 11.6. The number of hydrogen-bond donors (Lipinski definition) is 0.